The van der Waals surface area contributed by atoms with Gasteiger partial charge in [-0.25, -0.2) is 12.7 Å². The fourth-order valence-electron chi connectivity index (χ4n) is 4.28. The molecule has 0 aliphatic carbocycles. The number of halogens is 1. The van der Waals surface area contributed by atoms with E-state index in [-0.39, 0.29) is 10.8 Å². The number of hydrogen-bond acceptors (Lipinski definition) is 5. The smallest absolute Gasteiger partial charge is 0.256 e. The summed E-state index contributed by atoms with van der Waals surface area (Å²) in [6.45, 7) is 4.33. The summed E-state index contributed by atoms with van der Waals surface area (Å²) in [5.74, 6) is -0.113. The molecule has 0 spiro atoms. The Kier molecular flexibility index (Phi) is 6.65. The van der Waals surface area contributed by atoms with Crippen molar-refractivity contribution in [3.05, 3.63) is 53.1 Å². The Labute approximate surface area is 195 Å². The molecular formula is C23H29ClN4O3S. The minimum atomic E-state index is -3.63. The van der Waals surface area contributed by atoms with E-state index in [2.05, 4.69) is 9.80 Å². The van der Waals surface area contributed by atoms with Gasteiger partial charge in [0.2, 0.25) is 10.0 Å². The van der Waals surface area contributed by atoms with Crippen LogP contribution in [0.4, 0.5) is 11.4 Å². The highest BCUT2D eigenvalue weighted by molar-refractivity contribution is 7.89. The van der Waals surface area contributed by atoms with Crippen LogP contribution in [-0.4, -0.2) is 76.9 Å². The number of carbonyl (C=O) groups is 1. The van der Waals surface area contributed by atoms with Crippen LogP contribution in [0.25, 0.3) is 0 Å². The molecule has 172 valence electrons. The fourth-order valence-corrected chi connectivity index (χ4v) is 5.34. The summed E-state index contributed by atoms with van der Waals surface area (Å²) in [6, 6.07) is 12.7. The number of piperazine rings is 1. The minimum Gasteiger partial charge on any atom is -0.371 e. The molecule has 0 unspecified atom stereocenters. The van der Waals surface area contributed by atoms with Crippen molar-refractivity contribution in [2.24, 2.45) is 0 Å². The van der Waals surface area contributed by atoms with E-state index in [1.54, 1.807) is 18.2 Å². The summed E-state index contributed by atoms with van der Waals surface area (Å²) in [7, 11) is -0.625. The van der Waals surface area contributed by atoms with Gasteiger partial charge in [0, 0.05) is 69.8 Å². The van der Waals surface area contributed by atoms with E-state index < -0.39 is 10.0 Å². The zero-order valence-electron chi connectivity index (χ0n) is 18.5. The van der Waals surface area contributed by atoms with Gasteiger partial charge in [-0.15, -0.1) is 0 Å². The molecule has 2 heterocycles. The third-order valence-electron chi connectivity index (χ3n) is 6.18. The molecular weight excluding hydrogens is 448 g/mol. The van der Waals surface area contributed by atoms with Gasteiger partial charge in [0.25, 0.3) is 5.91 Å². The lowest BCUT2D eigenvalue weighted by molar-refractivity contribution is 0.0747. The van der Waals surface area contributed by atoms with Crippen LogP contribution in [0.3, 0.4) is 0 Å². The van der Waals surface area contributed by atoms with Gasteiger partial charge in [0.15, 0.2) is 0 Å². The number of nitrogens with zero attached hydrogens (tertiary/aromatic N) is 4. The number of benzene rings is 2. The van der Waals surface area contributed by atoms with Gasteiger partial charge in [-0.2, -0.15) is 0 Å². The predicted octanol–water partition coefficient (Wildman–Crippen LogP) is 3.15. The van der Waals surface area contributed by atoms with Crippen molar-refractivity contribution in [1.82, 2.24) is 9.21 Å². The molecule has 0 N–H and O–H groups in total. The van der Waals surface area contributed by atoms with Gasteiger partial charge in [0.1, 0.15) is 0 Å². The summed E-state index contributed by atoms with van der Waals surface area (Å²) >= 11 is 5.99. The summed E-state index contributed by atoms with van der Waals surface area (Å²) in [6.07, 6.45) is 2.15. The molecule has 4 rings (SSSR count). The maximum absolute atomic E-state index is 13.6. The van der Waals surface area contributed by atoms with Crippen LogP contribution in [0, 0.1) is 0 Å². The first kappa shape index (κ1) is 22.9. The summed E-state index contributed by atoms with van der Waals surface area (Å²) < 4.78 is 26.6. The van der Waals surface area contributed by atoms with Crippen LogP contribution in [0.5, 0.6) is 0 Å². The highest BCUT2D eigenvalue weighted by Gasteiger charge is 2.29. The normalized spacial score (nSPS) is 17.3. The van der Waals surface area contributed by atoms with E-state index in [0.717, 1.165) is 37.3 Å². The molecule has 7 nitrogen and oxygen atoms in total. The van der Waals surface area contributed by atoms with E-state index >= 15 is 0 Å². The van der Waals surface area contributed by atoms with Crippen LogP contribution in [0.15, 0.2) is 47.4 Å². The largest absolute Gasteiger partial charge is 0.371 e. The van der Waals surface area contributed by atoms with Crippen molar-refractivity contribution in [1.29, 1.82) is 0 Å². The van der Waals surface area contributed by atoms with Gasteiger partial charge >= 0.3 is 0 Å². The third kappa shape index (κ3) is 4.58. The molecule has 2 aromatic carbocycles. The van der Waals surface area contributed by atoms with Crippen molar-refractivity contribution in [2.45, 2.75) is 17.7 Å². The van der Waals surface area contributed by atoms with Gasteiger partial charge in [-0.3, -0.25) is 4.79 Å². The Morgan fingerprint density at radius 1 is 0.875 bits per heavy atom. The molecule has 0 radical (unpaired) electrons. The SMILES string of the molecule is CN(C)S(=O)(=O)c1ccc(N2CCCC2)c(C(=O)N2CCN(c3ccc(Cl)cc3)CC2)c1. The first-order chi connectivity index (χ1) is 15.3. The lowest BCUT2D eigenvalue weighted by Gasteiger charge is -2.36. The summed E-state index contributed by atoms with van der Waals surface area (Å²) in [5, 5.41) is 0.699. The Balaban J connectivity index is 1.58. The lowest BCUT2D eigenvalue weighted by atomic mass is 10.1. The molecule has 2 fully saturated rings. The Hall–Kier alpha value is -2.29. The maximum atomic E-state index is 13.6. The quantitative estimate of drug-likeness (QED) is 0.663. The zero-order valence-corrected chi connectivity index (χ0v) is 20.1. The number of rotatable bonds is 5. The number of anilines is 2. The highest BCUT2D eigenvalue weighted by Crippen LogP contribution is 2.30. The van der Waals surface area contributed by atoms with Gasteiger partial charge in [-0.05, 0) is 55.3 Å². The van der Waals surface area contributed by atoms with Crippen molar-refractivity contribution >= 4 is 38.9 Å². The number of sulfonamides is 1. The summed E-state index contributed by atoms with van der Waals surface area (Å²) in [4.78, 5) is 20.0. The van der Waals surface area contributed by atoms with Crippen molar-refractivity contribution in [3.8, 4) is 0 Å². The monoisotopic (exact) mass is 476 g/mol. The molecule has 2 aliphatic rings. The van der Waals surface area contributed by atoms with Crippen LogP contribution in [0.2, 0.25) is 5.02 Å². The Bertz CT molecular complexity index is 1070. The second-order valence-corrected chi connectivity index (χ2v) is 11.0. The standard InChI is InChI=1S/C23H29ClN4O3S/c1-25(2)32(30,31)20-9-10-22(27-11-3-4-12-27)21(17-20)23(29)28-15-13-26(14-16-28)19-7-5-18(24)6-8-19/h5-10,17H,3-4,11-16H2,1-2H3. The molecule has 2 aliphatic heterocycles. The fraction of sp³-hybridized carbons (Fsp3) is 0.435. The topological polar surface area (TPSA) is 64.2 Å². The predicted molar refractivity (Wildman–Crippen MR) is 128 cm³/mol. The lowest BCUT2D eigenvalue weighted by Crippen LogP contribution is -2.49. The zero-order chi connectivity index (χ0) is 22.9. The molecule has 32 heavy (non-hydrogen) atoms. The van der Waals surface area contributed by atoms with Gasteiger partial charge < -0.3 is 14.7 Å². The second-order valence-electron chi connectivity index (χ2n) is 8.42. The van der Waals surface area contributed by atoms with E-state index in [4.69, 9.17) is 11.6 Å². The van der Waals surface area contributed by atoms with Crippen LogP contribution < -0.4 is 9.80 Å². The molecule has 2 saturated heterocycles. The maximum Gasteiger partial charge on any atom is 0.256 e. The van der Waals surface area contributed by atoms with E-state index in [9.17, 15) is 13.2 Å². The van der Waals surface area contributed by atoms with Crippen molar-refractivity contribution < 1.29 is 13.2 Å². The second kappa shape index (κ2) is 9.29. The van der Waals surface area contributed by atoms with Gasteiger partial charge in [-0.1, -0.05) is 11.6 Å². The Morgan fingerprint density at radius 3 is 2.09 bits per heavy atom. The number of carbonyl (C=O) groups excluding carboxylic acids is 1. The molecule has 0 aromatic heterocycles. The minimum absolute atomic E-state index is 0.113. The third-order valence-corrected chi connectivity index (χ3v) is 8.25. The highest BCUT2D eigenvalue weighted by atomic mass is 35.5. The number of hydrogen-bond donors (Lipinski definition) is 0. The first-order valence-electron chi connectivity index (χ1n) is 10.9. The van der Waals surface area contributed by atoms with Crippen LogP contribution >= 0.6 is 11.6 Å². The summed E-state index contributed by atoms with van der Waals surface area (Å²) in [5.41, 5.74) is 2.37. The van der Waals surface area contributed by atoms with E-state index in [0.29, 0.717) is 36.8 Å². The molecule has 2 aromatic rings. The average Bonchev–Trinajstić information content (AvgIpc) is 3.33. The van der Waals surface area contributed by atoms with E-state index in [1.165, 1.54) is 18.4 Å². The molecule has 0 atom stereocenters. The van der Waals surface area contributed by atoms with Crippen molar-refractivity contribution in [3.63, 3.8) is 0 Å². The van der Waals surface area contributed by atoms with E-state index in [1.807, 2.05) is 29.2 Å². The molecule has 9 heteroatoms. The Morgan fingerprint density at radius 2 is 1.50 bits per heavy atom. The number of amides is 1. The first-order valence-corrected chi connectivity index (χ1v) is 12.7. The van der Waals surface area contributed by atoms with Crippen LogP contribution in [-0.2, 0) is 10.0 Å². The van der Waals surface area contributed by atoms with Crippen LogP contribution in [0.1, 0.15) is 23.2 Å². The average molecular weight is 477 g/mol. The molecule has 0 bridgehead atoms. The van der Waals surface area contributed by atoms with Crippen molar-refractivity contribution in [2.75, 3.05) is 63.2 Å². The molecule has 0 saturated carbocycles. The van der Waals surface area contributed by atoms with Gasteiger partial charge in [0.05, 0.1) is 10.5 Å². The molecule has 1 amide bonds.